The Hall–Kier alpha value is -1.55. The fraction of sp³-hybridized carbons (Fsp3) is 0.462. The molecule has 0 spiro atoms. The highest BCUT2D eigenvalue weighted by atomic mass is 16.3. The van der Waals surface area contributed by atoms with E-state index in [4.69, 9.17) is 5.11 Å². The molecule has 1 aliphatic heterocycles. The van der Waals surface area contributed by atoms with Crippen molar-refractivity contribution in [3.05, 3.63) is 30.3 Å². The van der Waals surface area contributed by atoms with E-state index in [0.717, 1.165) is 25.1 Å². The van der Waals surface area contributed by atoms with Crippen molar-refractivity contribution in [2.45, 2.75) is 12.8 Å². The highest BCUT2D eigenvalue weighted by Crippen LogP contribution is 2.17. The summed E-state index contributed by atoms with van der Waals surface area (Å²) in [7, 11) is 0. The van der Waals surface area contributed by atoms with Gasteiger partial charge >= 0.3 is 6.03 Å². The smallest absolute Gasteiger partial charge is 0.321 e. The van der Waals surface area contributed by atoms with Crippen LogP contribution in [0, 0.1) is 5.92 Å². The van der Waals surface area contributed by atoms with Crippen molar-refractivity contribution in [2.24, 2.45) is 5.92 Å². The Labute approximate surface area is 101 Å². The van der Waals surface area contributed by atoms with E-state index in [1.165, 1.54) is 0 Å². The number of rotatable bonds is 2. The maximum atomic E-state index is 12.0. The molecule has 0 aromatic heterocycles. The summed E-state index contributed by atoms with van der Waals surface area (Å²) >= 11 is 0. The highest BCUT2D eigenvalue weighted by molar-refractivity contribution is 5.89. The summed E-state index contributed by atoms with van der Waals surface area (Å²) in [5.74, 6) is 0.227. The number of nitrogens with one attached hydrogen (secondary N) is 1. The number of carbonyl (C=O) groups excluding carboxylic acids is 1. The monoisotopic (exact) mass is 234 g/mol. The molecule has 4 nitrogen and oxygen atoms in total. The van der Waals surface area contributed by atoms with E-state index >= 15 is 0 Å². The molecule has 1 atom stereocenters. The molecule has 0 saturated carbocycles. The van der Waals surface area contributed by atoms with Crippen LogP contribution in [0.15, 0.2) is 30.3 Å². The summed E-state index contributed by atoms with van der Waals surface area (Å²) < 4.78 is 0. The Bertz CT molecular complexity index is 367. The molecular weight excluding hydrogens is 216 g/mol. The maximum Gasteiger partial charge on any atom is 0.321 e. The van der Waals surface area contributed by atoms with Crippen molar-refractivity contribution in [2.75, 3.05) is 25.0 Å². The Balaban J connectivity index is 1.91. The zero-order valence-electron chi connectivity index (χ0n) is 9.80. The van der Waals surface area contributed by atoms with E-state index in [1.807, 2.05) is 30.3 Å². The molecule has 92 valence electrons. The van der Waals surface area contributed by atoms with Gasteiger partial charge in [0.05, 0.1) is 0 Å². The van der Waals surface area contributed by atoms with Crippen molar-refractivity contribution < 1.29 is 9.90 Å². The van der Waals surface area contributed by atoms with Crippen LogP contribution in [0.25, 0.3) is 0 Å². The molecule has 1 aromatic carbocycles. The van der Waals surface area contributed by atoms with Crippen molar-refractivity contribution in [1.29, 1.82) is 0 Å². The fourth-order valence-corrected chi connectivity index (χ4v) is 2.12. The zero-order chi connectivity index (χ0) is 12.1. The number of para-hydroxylation sites is 1. The van der Waals surface area contributed by atoms with Crippen LogP contribution in [-0.2, 0) is 0 Å². The summed E-state index contributed by atoms with van der Waals surface area (Å²) in [6.07, 6.45) is 1.97. The predicted octanol–water partition coefficient (Wildman–Crippen LogP) is 1.92. The van der Waals surface area contributed by atoms with Gasteiger partial charge in [-0.15, -0.1) is 0 Å². The molecular formula is C13H18N2O2. The topological polar surface area (TPSA) is 52.6 Å². The molecule has 2 amide bonds. The molecule has 1 aliphatic rings. The highest BCUT2D eigenvalue weighted by Gasteiger charge is 2.22. The van der Waals surface area contributed by atoms with E-state index in [0.29, 0.717) is 6.54 Å². The van der Waals surface area contributed by atoms with Gasteiger partial charge in [-0.05, 0) is 30.9 Å². The summed E-state index contributed by atoms with van der Waals surface area (Å²) in [6.45, 7) is 1.58. The molecule has 17 heavy (non-hydrogen) atoms. The van der Waals surface area contributed by atoms with Crippen LogP contribution in [0.5, 0.6) is 0 Å². The summed E-state index contributed by atoms with van der Waals surface area (Å²) in [4.78, 5) is 13.7. The van der Waals surface area contributed by atoms with E-state index in [2.05, 4.69) is 5.32 Å². The minimum absolute atomic E-state index is 0.0747. The number of urea groups is 1. The summed E-state index contributed by atoms with van der Waals surface area (Å²) in [5.41, 5.74) is 0.809. The number of benzene rings is 1. The average molecular weight is 234 g/mol. The van der Waals surface area contributed by atoms with E-state index < -0.39 is 0 Å². The SMILES string of the molecule is O=C(Nc1ccccc1)N1CCC[C@@H](CO)C1. The Morgan fingerprint density at radius 2 is 2.18 bits per heavy atom. The van der Waals surface area contributed by atoms with Crippen LogP contribution < -0.4 is 5.32 Å². The van der Waals surface area contributed by atoms with Crippen LogP contribution in [0.3, 0.4) is 0 Å². The predicted molar refractivity (Wildman–Crippen MR) is 66.8 cm³/mol. The van der Waals surface area contributed by atoms with Gasteiger partial charge in [0.25, 0.3) is 0 Å². The standard InChI is InChI=1S/C13H18N2O2/c16-10-11-5-4-8-15(9-11)13(17)14-12-6-2-1-3-7-12/h1-3,6-7,11,16H,4-5,8-10H2,(H,14,17)/t11-/m1/s1. The molecule has 4 heteroatoms. The maximum absolute atomic E-state index is 12.0. The lowest BCUT2D eigenvalue weighted by atomic mass is 9.99. The fourth-order valence-electron chi connectivity index (χ4n) is 2.12. The van der Waals surface area contributed by atoms with Crippen LogP contribution in [-0.4, -0.2) is 35.7 Å². The van der Waals surface area contributed by atoms with Gasteiger partial charge in [-0.3, -0.25) is 0 Å². The number of aliphatic hydroxyl groups is 1. The van der Waals surface area contributed by atoms with Gasteiger partial charge in [-0.2, -0.15) is 0 Å². The average Bonchev–Trinajstić information content (AvgIpc) is 2.40. The van der Waals surface area contributed by atoms with E-state index in [9.17, 15) is 4.79 Å². The minimum Gasteiger partial charge on any atom is -0.396 e. The lowest BCUT2D eigenvalue weighted by Crippen LogP contribution is -2.43. The van der Waals surface area contributed by atoms with Crippen molar-refractivity contribution in [3.63, 3.8) is 0 Å². The van der Waals surface area contributed by atoms with Crippen LogP contribution in [0.2, 0.25) is 0 Å². The van der Waals surface area contributed by atoms with Gasteiger partial charge in [0.1, 0.15) is 0 Å². The van der Waals surface area contributed by atoms with Gasteiger partial charge < -0.3 is 15.3 Å². The third-order valence-corrected chi connectivity index (χ3v) is 3.09. The van der Waals surface area contributed by atoms with Gasteiger partial charge in [0, 0.05) is 25.4 Å². The molecule has 0 aliphatic carbocycles. The first-order chi connectivity index (χ1) is 8.29. The number of hydrogen-bond acceptors (Lipinski definition) is 2. The number of hydrogen-bond donors (Lipinski definition) is 2. The number of likely N-dealkylation sites (tertiary alicyclic amines) is 1. The summed E-state index contributed by atoms with van der Waals surface area (Å²) in [6, 6.07) is 9.36. The third-order valence-electron chi connectivity index (χ3n) is 3.09. The van der Waals surface area contributed by atoms with Gasteiger partial charge in [0.15, 0.2) is 0 Å². The van der Waals surface area contributed by atoms with Crippen LogP contribution >= 0.6 is 0 Å². The second-order valence-electron chi connectivity index (χ2n) is 4.43. The second kappa shape index (κ2) is 5.68. The number of nitrogens with zero attached hydrogens (tertiary/aromatic N) is 1. The first-order valence-corrected chi connectivity index (χ1v) is 6.01. The number of aliphatic hydroxyl groups excluding tert-OH is 1. The number of piperidine rings is 1. The molecule has 0 unspecified atom stereocenters. The van der Waals surface area contributed by atoms with Gasteiger partial charge in [-0.1, -0.05) is 18.2 Å². The van der Waals surface area contributed by atoms with Crippen molar-refractivity contribution in [1.82, 2.24) is 4.90 Å². The first kappa shape index (κ1) is 11.9. The molecule has 0 bridgehead atoms. The molecule has 0 radical (unpaired) electrons. The zero-order valence-corrected chi connectivity index (χ0v) is 9.80. The van der Waals surface area contributed by atoms with Gasteiger partial charge in [0.2, 0.25) is 0 Å². The normalized spacial score (nSPS) is 20.1. The Kier molecular flexibility index (Phi) is 3.98. The van der Waals surface area contributed by atoms with E-state index in [1.54, 1.807) is 4.90 Å². The van der Waals surface area contributed by atoms with Crippen LogP contribution in [0.1, 0.15) is 12.8 Å². The minimum atomic E-state index is -0.0747. The molecule has 1 aromatic rings. The van der Waals surface area contributed by atoms with Gasteiger partial charge in [-0.25, -0.2) is 4.79 Å². The number of anilines is 1. The lowest BCUT2D eigenvalue weighted by Gasteiger charge is -2.31. The Morgan fingerprint density at radius 3 is 2.88 bits per heavy atom. The molecule has 1 saturated heterocycles. The quantitative estimate of drug-likeness (QED) is 0.821. The van der Waals surface area contributed by atoms with Crippen molar-refractivity contribution >= 4 is 11.7 Å². The molecule has 1 fully saturated rings. The lowest BCUT2D eigenvalue weighted by molar-refractivity contribution is 0.136. The van der Waals surface area contributed by atoms with Crippen LogP contribution in [0.4, 0.5) is 10.5 Å². The number of amides is 2. The number of carbonyl (C=O) groups is 1. The second-order valence-corrected chi connectivity index (χ2v) is 4.43. The largest absolute Gasteiger partial charge is 0.396 e. The van der Waals surface area contributed by atoms with Crippen molar-refractivity contribution in [3.8, 4) is 0 Å². The Morgan fingerprint density at radius 1 is 1.41 bits per heavy atom. The molecule has 2 rings (SSSR count). The summed E-state index contributed by atoms with van der Waals surface area (Å²) in [5, 5.41) is 12.0. The third kappa shape index (κ3) is 3.20. The molecule has 2 N–H and O–H groups in total. The van der Waals surface area contributed by atoms with E-state index in [-0.39, 0.29) is 18.6 Å². The molecule has 1 heterocycles. The first-order valence-electron chi connectivity index (χ1n) is 6.01.